The van der Waals surface area contributed by atoms with E-state index in [9.17, 15) is 4.39 Å². The van der Waals surface area contributed by atoms with E-state index < -0.39 is 0 Å². The van der Waals surface area contributed by atoms with Crippen molar-refractivity contribution in [1.82, 2.24) is 0 Å². The second kappa shape index (κ2) is 7.95. The highest BCUT2D eigenvalue weighted by molar-refractivity contribution is 5.32. The van der Waals surface area contributed by atoms with Gasteiger partial charge >= 0.3 is 0 Å². The van der Waals surface area contributed by atoms with E-state index in [0.717, 1.165) is 5.56 Å². The molecular weight excluding hydrogens is 215 g/mol. The van der Waals surface area contributed by atoms with Crippen molar-refractivity contribution in [3.63, 3.8) is 0 Å². The molecule has 2 aromatic carbocycles. The standard InChI is InChI=1S/C9H8O.C6H5F/c1-10-8-7-9-5-3-2-4-6-9;7-6-4-2-1-3-5-6/h2-6H,1H3;1-5H. The van der Waals surface area contributed by atoms with E-state index in [1.165, 1.54) is 12.1 Å². The minimum absolute atomic E-state index is 0.178. The average Bonchev–Trinajstić information content (AvgIpc) is 2.39. The Morgan fingerprint density at radius 3 is 1.82 bits per heavy atom. The van der Waals surface area contributed by atoms with E-state index in [2.05, 4.69) is 16.8 Å². The van der Waals surface area contributed by atoms with Crippen LogP contribution in [0.4, 0.5) is 4.39 Å². The predicted octanol–water partition coefficient (Wildman–Crippen LogP) is 3.47. The van der Waals surface area contributed by atoms with Crippen molar-refractivity contribution in [2.24, 2.45) is 0 Å². The Hall–Kier alpha value is -2.27. The molecule has 0 aliphatic rings. The Bertz CT molecular complexity index is 469. The fourth-order valence-corrected chi connectivity index (χ4v) is 1.05. The zero-order valence-corrected chi connectivity index (χ0v) is 9.56. The molecule has 0 spiro atoms. The van der Waals surface area contributed by atoms with Crippen LogP contribution in [0.15, 0.2) is 60.7 Å². The number of hydrogen-bond acceptors (Lipinski definition) is 1. The van der Waals surface area contributed by atoms with Crippen LogP contribution in [0.2, 0.25) is 0 Å². The van der Waals surface area contributed by atoms with Gasteiger partial charge in [0.2, 0.25) is 0 Å². The molecule has 0 radical (unpaired) electrons. The Morgan fingerprint density at radius 1 is 0.882 bits per heavy atom. The quantitative estimate of drug-likeness (QED) is 0.627. The van der Waals surface area contributed by atoms with Crippen molar-refractivity contribution in [2.45, 2.75) is 0 Å². The number of ether oxygens (including phenoxy) is 1. The molecule has 0 amide bonds. The number of halogens is 1. The van der Waals surface area contributed by atoms with Gasteiger partial charge in [-0.05, 0) is 30.2 Å². The molecule has 2 aromatic rings. The van der Waals surface area contributed by atoms with Gasteiger partial charge in [-0.1, -0.05) is 36.4 Å². The zero-order chi connectivity index (χ0) is 12.3. The van der Waals surface area contributed by atoms with Gasteiger partial charge in [-0.25, -0.2) is 4.39 Å². The van der Waals surface area contributed by atoms with Gasteiger partial charge in [0, 0.05) is 5.56 Å². The lowest BCUT2D eigenvalue weighted by molar-refractivity contribution is 0.372. The first-order chi connectivity index (χ1) is 8.33. The van der Waals surface area contributed by atoms with Gasteiger partial charge in [-0.3, -0.25) is 0 Å². The van der Waals surface area contributed by atoms with Crippen molar-refractivity contribution in [1.29, 1.82) is 0 Å². The van der Waals surface area contributed by atoms with Crippen LogP contribution >= 0.6 is 0 Å². The molecule has 0 atom stereocenters. The van der Waals surface area contributed by atoms with Gasteiger partial charge in [0.05, 0.1) is 7.11 Å². The molecule has 2 rings (SSSR count). The molecule has 0 unspecified atom stereocenters. The van der Waals surface area contributed by atoms with Crippen molar-refractivity contribution in [3.8, 4) is 12.0 Å². The van der Waals surface area contributed by atoms with Crippen molar-refractivity contribution < 1.29 is 9.13 Å². The van der Waals surface area contributed by atoms with Crippen LogP contribution in [0.1, 0.15) is 5.56 Å². The van der Waals surface area contributed by atoms with Gasteiger partial charge in [-0.2, -0.15) is 0 Å². The first-order valence-corrected chi connectivity index (χ1v) is 5.12. The second-order valence-corrected chi connectivity index (χ2v) is 3.09. The fourth-order valence-electron chi connectivity index (χ4n) is 1.05. The summed E-state index contributed by atoms with van der Waals surface area (Å²) in [5.41, 5.74) is 0.976. The van der Waals surface area contributed by atoms with Crippen molar-refractivity contribution in [3.05, 3.63) is 72.0 Å². The average molecular weight is 228 g/mol. The van der Waals surface area contributed by atoms with E-state index >= 15 is 0 Å². The third-order valence-corrected chi connectivity index (χ3v) is 1.80. The molecule has 0 fully saturated rings. The topological polar surface area (TPSA) is 9.23 Å². The summed E-state index contributed by atoms with van der Waals surface area (Å²) in [5, 5.41) is 0. The molecule has 0 aromatic heterocycles. The summed E-state index contributed by atoms with van der Waals surface area (Å²) in [6, 6.07) is 17.7. The van der Waals surface area contributed by atoms with Crippen LogP contribution in [-0.2, 0) is 4.74 Å². The lowest BCUT2D eigenvalue weighted by Gasteiger charge is -1.84. The van der Waals surface area contributed by atoms with Crippen LogP contribution in [0.5, 0.6) is 0 Å². The minimum Gasteiger partial charge on any atom is -0.450 e. The molecule has 0 aliphatic heterocycles. The first-order valence-electron chi connectivity index (χ1n) is 5.12. The number of benzene rings is 2. The molecule has 2 heteroatoms. The molecule has 0 saturated heterocycles. The molecular formula is C15H13FO. The van der Waals surface area contributed by atoms with Gasteiger partial charge in [0.15, 0.2) is 0 Å². The summed E-state index contributed by atoms with van der Waals surface area (Å²) in [6.07, 6.45) is 2.51. The molecule has 17 heavy (non-hydrogen) atoms. The largest absolute Gasteiger partial charge is 0.450 e. The summed E-state index contributed by atoms with van der Waals surface area (Å²) in [5.74, 6) is 2.64. The monoisotopic (exact) mass is 228 g/mol. The summed E-state index contributed by atoms with van der Waals surface area (Å²) in [6.45, 7) is 0. The van der Waals surface area contributed by atoms with E-state index in [4.69, 9.17) is 0 Å². The van der Waals surface area contributed by atoms with Gasteiger partial charge in [0.1, 0.15) is 11.9 Å². The first kappa shape index (κ1) is 12.8. The summed E-state index contributed by atoms with van der Waals surface area (Å²) in [4.78, 5) is 0. The van der Waals surface area contributed by atoms with E-state index in [0.29, 0.717) is 0 Å². The maximum absolute atomic E-state index is 11.9. The van der Waals surface area contributed by atoms with Crippen LogP contribution in [0.3, 0.4) is 0 Å². The van der Waals surface area contributed by atoms with E-state index in [1.54, 1.807) is 25.3 Å². The number of rotatable bonds is 0. The highest BCUT2D eigenvalue weighted by atomic mass is 19.1. The molecule has 0 saturated carbocycles. The smallest absolute Gasteiger partial charge is 0.123 e. The molecule has 1 nitrogen and oxygen atoms in total. The Kier molecular flexibility index (Phi) is 5.98. The van der Waals surface area contributed by atoms with Crippen LogP contribution in [-0.4, -0.2) is 7.11 Å². The molecule has 0 bridgehead atoms. The SMILES string of the molecule is COC#Cc1ccccc1.Fc1ccccc1. The normalized spacial score (nSPS) is 8.12. The van der Waals surface area contributed by atoms with E-state index in [1.807, 2.05) is 30.3 Å². The highest BCUT2D eigenvalue weighted by Crippen LogP contribution is 1.94. The van der Waals surface area contributed by atoms with Gasteiger partial charge in [-0.15, -0.1) is 0 Å². The third kappa shape index (κ3) is 6.01. The molecule has 86 valence electrons. The zero-order valence-electron chi connectivity index (χ0n) is 9.56. The lowest BCUT2D eigenvalue weighted by Crippen LogP contribution is -1.71. The fraction of sp³-hybridized carbons (Fsp3) is 0.0667. The Morgan fingerprint density at radius 2 is 1.41 bits per heavy atom. The van der Waals surface area contributed by atoms with Crippen LogP contribution < -0.4 is 0 Å². The Balaban J connectivity index is 0.000000181. The highest BCUT2D eigenvalue weighted by Gasteiger charge is 1.79. The maximum atomic E-state index is 11.9. The van der Waals surface area contributed by atoms with Gasteiger partial charge < -0.3 is 4.74 Å². The third-order valence-electron chi connectivity index (χ3n) is 1.80. The van der Waals surface area contributed by atoms with Crippen LogP contribution in [0.25, 0.3) is 0 Å². The van der Waals surface area contributed by atoms with E-state index in [-0.39, 0.29) is 5.82 Å². The van der Waals surface area contributed by atoms with Crippen LogP contribution in [0, 0.1) is 17.8 Å². The summed E-state index contributed by atoms with van der Waals surface area (Å²) < 4.78 is 16.5. The van der Waals surface area contributed by atoms with Gasteiger partial charge in [0.25, 0.3) is 0 Å². The number of hydrogen-bond donors (Lipinski definition) is 0. The lowest BCUT2D eigenvalue weighted by atomic mass is 10.2. The number of methoxy groups -OCH3 is 1. The summed E-state index contributed by atoms with van der Waals surface area (Å²) >= 11 is 0. The van der Waals surface area contributed by atoms with Crippen molar-refractivity contribution >= 4 is 0 Å². The Labute approximate surface area is 101 Å². The second-order valence-electron chi connectivity index (χ2n) is 3.09. The predicted molar refractivity (Wildman–Crippen MR) is 66.7 cm³/mol. The summed E-state index contributed by atoms with van der Waals surface area (Å²) in [7, 11) is 1.55. The minimum atomic E-state index is -0.178. The van der Waals surface area contributed by atoms with Crippen molar-refractivity contribution in [2.75, 3.05) is 7.11 Å². The molecule has 0 N–H and O–H groups in total. The maximum Gasteiger partial charge on any atom is 0.123 e. The molecule has 0 heterocycles. The molecule has 0 aliphatic carbocycles.